The highest BCUT2D eigenvalue weighted by Crippen LogP contribution is 1.82. The summed E-state index contributed by atoms with van der Waals surface area (Å²) in [4.78, 5) is 34.3. The number of nitrogens with one attached hydrogen (secondary N) is 2. The molecule has 0 aromatic rings. The average Bonchev–Trinajstić information content (AvgIpc) is 2.00. The van der Waals surface area contributed by atoms with E-state index in [1.807, 2.05) is 0 Å². The van der Waals surface area contributed by atoms with Crippen molar-refractivity contribution < 1.29 is 24.5 Å². The third-order valence-corrected chi connectivity index (χ3v) is 0.899. The Balaban J connectivity index is 0. The third-order valence-electron chi connectivity index (χ3n) is 0.899. The van der Waals surface area contributed by atoms with Crippen molar-refractivity contribution in [2.45, 2.75) is 6.17 Å². The van der Waals surface area contributed by atoms with Gasteiger partial charge >= 0.3 is 18.0 Å². The largest absolute Gasteiger partial charge is 0.384 e. The lowest BCUT2D eigenvalue weighted by Crippen LogP contribution is -2.56. The van der Waals surface area contributed by atoms with Gasteiger partial charge in [-0.25, -0.2) is 14.4 Å². The van der Waals surface area contributed by atoms with Crippen LogP contribution in [-0.2, 0) is 9.68 Å². The molecule has 0 aromatic carbocycles. The summed E-state index contributed by atoms with van der Waals surface area (Å²) in [6.07, 6.45) is -1.61. The molecule has 0 saturated carbocycles. The molecule has 0 bridgehead atoms. The Bertz CT molecular complexity index is 218. The van der Waals surface area contributed by atoms with Gasteiger partial charge in [-0.3, -0.25) is 4.89 Å². The molecular weight excluding hydrogens is 211 g/mol. The van der Waals surface area contributed by atoms with Crippen LogP contribution >= 0.6 is 0 Å². The molecular formula is C4H8AlN4O5. The van der Waals surface area contributed by atoms with E-state index in [9.17, 15) is 14.4 Å². The van der Waals surface area contributed by atoms with Crippen molar-refractivity contribution in [3.8, 4) is 0 Å². The summed E-state index contributed by atoms with van der Waals surface area (Å²) < 4.78 is 0. The first-order chi connectivity index (χ1) is 5.97. The Morgan fingerprint density at radius 1 is 1.14 bits per heavy atom. The number of primary amides is 2. The minimum atomic E-state index is -1.61. The minimum Gasteiger partial charge on any atom is -0.352 e. The summed E-state index contributed by atoms with van der Waals surface area (Å²) in [6.45, 7) is 0. The van der Waals surface area contributed by atoms with Crippen molar-refractivity contribution in [2.75, 3.05) is 0 Å². The molecule has 0 saturated heterocycles. The third kappa shape index (κ3) is 6.07. The Morgan fingerprint density at radius 2 is 1.50 bits per heavy atom. The number of rotatable bonds is 3. The predicted octanol–water partition coefficient (Wildman–Crippen LogP) is -2.72. The first-order valence-corrected chi connectivity index (χ1v) is 2.94. The fraction of sp³-hybridized carbons (Fsp3) is 0.250. The van der Waals surface area contributed by atoms with Crippen molar-refractivity contribution in [2.24, 2.45) is 11.5 Å². The summed E-state index contributed by atoms with van der Waals surface area (Å²) in [7, 11) is 0. The normalized spacial score (nSPS) is 8.43. The zero-order valence-corrected chi connectivity index (χ0v) is 8.04. The van der Waals surface area contributed by atoms with Crippen LogP contribution in [0.1, 0.15) is 0 Å². The van der Waals surface area contributed by atoms with E-state index >= 15 is 0 Å². The Morgan fingerprint density at radius 3 is 1.71 bits per heavy atom. The molecule has 9 nitrogen and oxygen atoms in total. The van der Waals surface area contributed by atoms with E-state index in [2.05, 4.69) is 16.4 Å². The highest BCUT2D eigenvalue weighted by Gasteiger charge is 2.22. The summed E-state index contributed by atoms with van der Waals surface area (Å²) in [5, 5.41) is 11.4. The van der Waals surface area contributed by atoms with Crippen LogP contribution in [0.15, 0.2) is 0 Å². The molecule has 14 heavy (non-hydrogen) atoms. The maximum absolute atomic E-state index is 10.6. The molecule has 0 aromatic heterocycles. The van der Waals surface area contributed by atoms with Gasteiger partial charge in [-0.05, 0) is 0 Å². The molecule has 0 aliphatic rings. The smallest absolute Gasteiger partial charge is 0.352 e. The standard InChI is InChI=1S/C4H8N4O5.Al/c5-3(10)7-1(2(9)13-12)8-4(6)11;/h1,12H,(H3,5,7,10)(H3,6,8,11);. The van der Waals surface area contributed by atoms with Crippen LogP contribution in [-0.4, -0.2) is 46.8 Å². The molecule has 77 valence electrons. The fourth-order valence-corrected chi connectivity index (χ4v) is 0.491. The van der Waals surface area contributed by atoms with Crippen molar-refractivity contribution in [1.29, 1.82) is 0 Å². The second-order valence-corrected chi connectivity index (χ2v) is 1.86. The van der Waals surface area contributed by atoms with Crippen LogP contribution in [0, 0.1) is 0 Å². The van der Waals surface area contributed by atoms with Crippen LogP contribution in [0.3, 0.4) is 0 Å². The van der Waals surface area contributed by atoms with E-state index in [-0.39, 0.29) is 17.4 Å². The topological polar surface area (TPSA) is 157 Å². The summed E-state index contributed by atoms with van der Waals surface area (Å²) >= 11 is 0. The molecule has 0 aliphatic heterocycles. The van der Waals surface area contributed by atoms with Gasteiger partial charge in [-0.1, -0.05) is 0 Å². The van der Waals surface area contributed by atoms with Crippen LogP contribution < -0.4 is 22.1 Å². The Labute approximate surface area is 88.8 Å². The van der Waals surface area contributed by atoms with E-state index in [0.717, 1.165) is 0 Å². The minimum absolute atomic E-state index is 0. The van der Waals surface area contributed by atoms with E-state index in [1.54, 1.807) is 10.6 Å². The lowest BCUT2D eigenvalue weighted by molar-refractivity contribution is -0.236. The predicted molar refractivity (Wildman–Crippen MR) is 43.7 cm³/mol. The van der Waals surface area contributed by atoms with Crippen LogP contribution in [0.25, 0.3) is 0 Å². The summed E-state index contributed by atoms with van der Waals surface area (Å²) in [5.74, 6) is -1.32. The highest BCUT2D eigenvalue weighted by molar-refractivity contribution is 5.86. The van der Waals surface area contributed by atoms with Gasteiger partial charge in [0.2, 0.25) is 6.17 Å². The lowest BCUT2D eigenvalue weighted by Gasteiger charge is -2.13. The number of nitrogens with two attached hydrogens (primary N) is 2. The molecule has 3 radical (unpaired) electrons. The van der Waals surface area contributed by atoms with Crippen LogP contribution in [0.2, 0.25) is 0 Å². The second kappa shape index (κ2) is 6.96. The second-order valence-electron chi connectivity index (χ2n) is 1.86. The highest BCUT2D eigenvalue weighted by atomic mass is 27.0. The zero-order valence-electron chi connectivity index (χ0n) is 6.89. The molecule has 0 fully saturated rings. The number of urea groups is 2. The molecule has 0 heterocycles. The molecule has 7 N–H and O–H groups in total. The molecule has 0 spiro atoms. The molecule has 0 rings (SSSR count). The Kier molecular flexibility index (Phi) is 7.45. The van der Waals surface area contributed by atoms with Gasteiger partial charge in [0.15, 0.2) is 0 Å². The van der Waals surface area contributed by atoms with Gasteiger partial charge in [-0.2, -0.15) is 5.26 Å². The van der Waals surface area contributed by atoms with Crippen molar-refractivity contribution in [3.63, 3.8) is 0 Å². The Hall–Kier alpha value is -1.50. The number of amides is 4. The van der Waals surface area contributed by atoms with E-state index < -0.39 is 24.2 Å². The summed E-state index contributed by atoms with van der Waals surface area (Å²) in [5.41, 5.74) is 9.26. The molecule has 10 heteroatoms. The van der Waals surface area contributed by atoms with Crippen molar-refractivity contribution in [3.05, 3.63) is 0 Å². The molecule has 0 aliphatic carbocycles. The number of hydrogen-bond acceptors (Lipinski definition) is 5. The maximum atomic E-state index is 10.6. The number of carbonyl (C=O) groups excluding carboxylic acids is 3. The van der Waals surface area contributed by atoms with Gasteiger partial charge in [0.1, 0.15) is 0 Å². The SMILES string of the molecule is NC(=O)NC(NC(N)=O)C(=O)OO.[Al]. The first-order valence-electron chi connectivity index (χ1n) is 2.94. The van der Waals surface area contributed by atoms with E-state index in [0.29, 0.717) is 0 Å². The van der Waals surface area contributed by atoms with Gasteiger partial charge in [-0.15, -0.1) is 0 Å². The molecule has 0 atom stereocenters. The molecule has 0 unspecified atom stereocenters. The van der Waals surface area contributed by atoms with Gasteiger partial charge in [0.05, 0.1) is 0 Å². The average molecular weight is 219 g/mol. The summed E-state index contributed by atoms with van der Waals surface area (Å²) in [6, 6.07) is -2.19. The fourth-order valence-electron chi connectivity index (χ4n) is 0.491. The van der Waals surface area contributed by atoms with E-state index in [4.69, 9.17) is 5.26 Å². The number of hydrogen-bond donors (Lipinski definition) is 5. The van der Waals surface area contributed by atoms with E-state index in [1.165, 1.54) is 0 Å². The van der Waals surface area contributed by atoms with Gasteiger partial charge in [0, 0.05) is 17.4 Å². The van der Waals surface area contributed by atoms with Crippen LogP contribution in [0.4, 0.5) is 9.59 Å². The van der Waals surface area contributed by atoms with Crippen LogP contribution in [0.5, 0.6) is 0 Å². The quantitative estimate of drug-likeness (QED) is 0.151. The number of carbonyl (C=O) groups is 3. The van der Waals surface area contributed by atoms with Gasteiger partial charge in [0.25, 0.3) is 0 Å². The van der Waals surface area contributed by atoms with Crippen molar-refractivity contribution >= 4 is 35.4 Å². The van der Waals surface area contributed by atoms with Gasteiger partial charge < -0.3 is 22.1 Å². The lowest BCUT2D eigenvalue weighted by atomic mass is 10.5. The monoisotopic (exact) mass is 219 g/mol. The molecule has 4 amide bonds. The maximum Gasteiger partial charge on any atom is 0.384 e. The first kappa shape index (κ1) is 15.0. The van der Waals surface area contributed by atoms with Crippen molar-refractivity contribution in [1.82, 2.24) is 10.6 Å². The zero-order chi connectivity index (χ0) is 10.4.